The van der Waals surface area contributed by atoms with E-state index in [1.807, 2.05) is 27.7 Å². The summed E-state index contributed by atoms with van der Waals surface area (Å²) in [6.07, 6.45) is 3.01. The maximum atomic E-state index is 12.7. The number of hydrogen-bond acceptors (Lipinski definition) is 3. The molecule has 0 aliphatic rings. The third-order valence-electron chi connectivity index (χ3n) is 3.91. The van der Waals surface area contributed by atoms with Crippen molar-refractivity contribution >= 4 is 25.6 Å². The van der Waals surface area contributed by atoms with Crippen LogP contribution in [0.1, 0.15) is 51.0 Å². The van der Waals surface area contributed by atoms with Crippen LogP contribution < -0.4 is 0 Å². The van der Waals surface area contributed by atoms with Crippen molar-refractivity contribution in [2.45, 2.75) is 57.5 Å². The molecule has 1 aromatic heterocycles. The summed E-state index contributed by atoms with van der Waals surface area (Å²) in [5.74, 6) is -0.207. The van der Waals surface area contributed by atoms with Crippen LogP contribution in [0.2, 0.25) is 0 Å². The molecule has 0 saturated heterocycles. The predicted octanol–water partition coefficient (Wildman–Crippen LogP) is 3.09. The minimum Gasteiger partial charge on any atom is -0.342 e. The average Bonchev–Trinajstić information content (AvgIpc) is 2.81. The van der Waals surface area contributed by atoms with Gasteiger partial charge in [-0.25, -0.2) is 8.42 Å². The maximum Gasteiger partial charge on any atom is 0.270 e. The van der Waals surface area contributed by atoms with E-state index in [1.54, 1.807) is 16.5 Å². The summed E-state index contributed by atoms with van der Waals surface area (Å²) in [6.45, 7) is 8.47. The van der Waals surface area contributed by atoms with Crippen molar-refractivity contribution in [1.82, 2.24) is 9.47 Å². The fourth-order valence-electron chi connectivity index (χ4n) is 1.91. The summed E-state index contributed by atoms with van der Waals surface area (Å²) >= 11 is 0. The minimum atomic E-state index is -3.84. The Kier molecular flexibility index (Phi) is 5.50. The van der Waals surface area contributed by atoms with Crippen LogP contribution in [0.5, 0.6) is 0 Å². The van der Waals surface area contributed by atoms with Crippen LogP contribution in [0, 0.1) is 0 Å². The zero-order chi connectivity index (χ0) is 16.4. The Hall–Kier alpha value is -1.01. The van der Waals surface area contributed by atoms with Gasteiger partial charge in [0.1, 0.15) is 10.6 Å². The Bertz CT molecular complexity index is 620. The molecule has 0 radical (unpaired) electrons. The van der Waals surface area contributed by atoms with E-state index < -0.39 is 9.05 Å². The van der Waals surface area contributed by atoms with Gasteiger partial charge >= 0.3 is 0 Å². The molecule has 1 aromatic rings. The number of nitrogens with zero attached hydrogens (tertiary/aromatic N) is 2. The lowest BCUT2D eigenvalue weighted by Gasteiger charge is -2.35. The lowest BCUT2D eigenvalue weighted by Crippen LogP contribution is -2.45. The molecule has 0 N–H and O–H groups in total. The van der Waals surface area contributed by atoms with Gasteiger partial charge < -0.3 is 9.47 Å². The second kappa shape index (κ2) is 6.40. The van der Waals surface area contributed by atoms with Crippen LogP contribution in [0.4, 0.5) is 0 Å². The monoisotopic (exact) mass is 334 g/mol. The molecule has 0 atom stereocenters. The smallest absolute Gasteiger partial charge is 0.270 e. The Labute approximate surface area is 131 Å². The van der Waals surface area contributed by atoms with Crippen LogP contribution in [0.15, 0.2) is 17.2 Å². The molecule has 0 aliphatic carbocycles. The topological polar surface area (TPSA) is 59.4 Å². The lowest BCUT2D eigenvalue weighted by molar-refractivity contribution is 0.0609. The van der Waals surface area contributed by atoms with Gasteiger partial charge in [-0.15, -0.1) is 0 Å². The van der Waals surface area contributed by atoms with Gasteiger partial charge in [-0.3, -0.25) is 4.79 Å². The normalized spacial score (nSPS) is 12.5. The largest absolute Gasteiger partial charge is 0.342 e. The highest BCUT2D eigenvalue weighted by atomic mass is 35.7. The Morgan fingerprint density at radius 1 is 1.38 bits per heavy atom. The van der Waals surface area contributed by atoms with Gasteiger partial charge in [-0.05, 0) is 32.8 Å². The summed E-state index contributed by atoms with van der Waals surface area (Å²) in [6, 6.07) is 1.35. The molecule has 0 fully saturated rings. The van der Waals surface area contributed by atoms with Crippen molar-refractivity contribution < 1.29 is 13.2 Å². The molecule has 0 spiro atoms. The molecule has 7 heteroatoms. The first-order valence-electron chi connectivity index (χ1n) is 6.97. The number of rotatable bonds is 6. The van der Waals surface area contributed by atoms with Crippen molar-refractivity contribution in [3.05, 3.63) is 18.0 Å². The molecule has 1 rings (SSSR count). The summed E-state index contributed by atoms with van der Waals surface area (Å²) in [7, 11) is 3.26. The molecular weight excluding hydrogens is 312 g/mol. The van der Waals surface area contributed by atoms with E-state index in [2.05, 4.69) is 0 Å². The van der Waals surface area contributed by atoms with Crippen molar-refractivity contribution in [1.29, 1.82) is 0 Å². The Morgan fingerprint density at radius 2 is 1.95 bits per heavy atom. The molecule has 1 heterocycles. The van der Waals surface area contributed by atoms with Gasteiger partial charge in [0.25, 0.3) is 15.0 Å². The van der Waals surface area contributed by atoms with Crippen molar-refractivity contribution in [3.63, 3.8) is 0 Å². The van der Waals surface area contributed by atoms with Crippen LogP contribution in [0.25, 0.3) is 0 Å². The lowest BCUT2D eigenvalue weighted by atomic mass is 9.99. The molecule has 0 aliphatic heterocycles. The molecular formula is C14H23ClN2O3S. The third-order valence-corrected chi connectivity index (χ3v) is 5.24. The van der Waals surface area contributed by atoms with Crippen LogP contribution in [0.3, 0.4) is 0 Å². The second-order valence-electron chi connectivity index (χ2n) is 5.72. The first-order chi connectivity index (χ1) is 9.54. The van der Waals surface area contributed by atoms with Gasteiger partial charge in [0, 0.05) is 36.0 Å². The zero-order valence-electron chi connectivity index (χ0n) is 13.2. The fourth-order valence-corrected chi connectivity index (χ4v) is 2.66. The standard InChI is InChI=1S/C14H23ClN2O3S/c1-6-8-17-10-11(21(15,19)20)9-12(17)13(18)16(5)14(3,4)7-2/h9-10H,6-8H2,1-5H3. The highest BCUT2D eigenvalue weighted by molar-refractivity contribution is 8.13. The summed E-state index contributed by atoms with van der Waals surface area (Å²) in [5.41, 5.74) is 0.0402. The third kappa shape index (κ3) is 4.01. The van der Waals surface area contributed by atoms with Gasteiger partial charge in [0.05, 0.1) is 0 Å². The molecule has 0 saturated carbocycles. The summed E-state index contributed by atoms with van der Waals surface area (Å²) in [4.78, 5) is 14.3. The van der Waals surface area contributed by atoms with Gasteiger partial charge in [-0.2, -0.15) is 0 Å². The number of carbonyl (C=O) groups is 1. The van der Waals surface area contributed by atoms with E-state index >= 15 is 0 Å². The SMILES string of the molecule is CCCn1cc(S(=O)(=O)Cl)cc1C(=O)N(C)C(C)(C)CC. The van der Waals surface area contributed by atoms with Crippen molar-refractivity contribution in [2.24, 2.45) is 0 Å². The van der Waals surface area contributed by atoms with Crippen LogP contribution >= 0.6 is 10.7 Å². The van der Waals surface area contributed by atoms with Crippen LogP contribution in [-0.2, 0) is 15.6 Å². The molecule has 0 bridgehead atoms. The number of hydrogen-bond donors (Lipinski definition) is 0. The summed E-state index contributed by atoms with van der Waals surface area (Å²) in [5, 5.41) is 0. The molecule has 120 valence electrons. The van der Waals surface area contributed by atoms with E-state index in [0.717, 1.165) is 12.8 Å². The fraction of sp³-hybridized carbons (Fsp3) is 0.643. The number of amides is 1. The van der Waals surface area contributed by atoms with Crippen molar-refractivity contribution in [2.75, 3.05) is 7.05 Å². The number of aromatic nitrogens is 1. The van der Waals surface area contributed by atoms with Gasteiger partial charge in [0.15, 0.2) is 0 Å². The summed E-state index contributed by atoms with van der Waals surface area (Å²) < 4.78 is 24.6. The molecule has 21 heavy (non-hydrogen) atoms. The molecule has 0 aromatic carbocycles. The first kappa shape index (κ1) is 18.0. The Morgan fingerprint density at radius 3 is 2.38 bits per heavy atom. The first-order valence-corrected chi connectivity index (χ1v) is 9.28. The molecule has 0 unspecified atom stereocenters. The van der Waals surface area contributed by atoms with Crippen molar-refractivity contribution in [3.8, 4) is 0 Å². The number of carbonyl (C=O) groups excluding carboxylic acids is 1. The highest BCUT2D eigenvalue weighted by Gasteiger charge is 2.29. The molecule has 1 amide bonds. The van der Waals surface area contributed by atoms with E-state index in [1.165, 1.54) is 12.3 Å². The van der Waals surface area contributed by atoms with E-state index in [-0.39, 0.29) is 16.3 Å². The van der Waals surface area contributed by atoms with E-state index in [4.69, 9.17) is 10.7 Å². The number of halogens is 1. The zero-order valence-corrected chi connectivity index (χ0v) is 14.8. The second-order valence-corrected chi connectivity index (χ2v) is 8.29. The molecule has 5 nitrogen and oxygen atoms in total. The van der Waals surface area contributed by atoms with Gasteiger partial charge in [0.2, 0.25) is 0 Å². The predicted molar refractivity (Wildman–Crippen MR) is 84.2 cm³/mol. The average molecular weight is 335 g/mol. The quantitative estimate of drug-likeness (QED) is 0.751. The van der Waals surface area contributed by atoms with Crippen LogP contribution in [-0.4, -0.2) is 36.4 Å². The van der Waals surface area contributed by atoms with E-state index in [9.17, 15) is 13.2 Å². The minimum absolute atomic E-state index is 0.0383. The van der Waals surface area contributed by atoms with Gasteiger partial charge in [-0.1, -0.05) is 13.8 Å². The van der Waals surface area contributed by atoms with E-state index in [0.29, 0.717) is 12.2 Å². The number of aryl methyl sites for hydroxylation is 1. The highest BCUT2D eigenvalue weighted by Crippen LogP contribution is 2.23. The maximum absolute atomic E-state index is 12.7. The Balaban J connectivity index is 3.28.